The van der Waals surface area contributed by atoms with Gasteiger partial charge in [-0.05, 0) is 29.8 Å². The molecule has 2 aromatic rings. The largest absolute Gasteiger partial charge is 0.375 e. The van der Waals surface area contributed by atoms with Crippen molar-refractivity contribution in [1.82, 2.24) is 0 Å². The quantitative estimate of drug-likeness (QED) is 0.632. The Labute approximate surface area is 127 Å². The molecule has 7 heteroatoms. The van der Waals surface area contributed by atoms with E-state index >= 15 is 0 Å². The van der Waals surface area contributed by atoms with Gasteiger partial charge in [-0.25, -0.2) is 4.39 Å². The predicted octanol–water partition coefficient (Wildman–Crippen LogP) is 4.76. The molecule has 1 N–H and O–H groups in total. The molecule has 0 aliphatic carbocycles. The SMILES string of the molecule is O=[N+]([O-])c1cc(F)ccc1NCc1ccc(Cl)cc1Br. The summed E-state index contributed by atoms with van der Waals surface area (Å²) in [5.74, 6) is -0.644. The first-order valence-electron chi connectivity index (χ1n) is 5.59. The van der Waals surface area contributed by atoms with Crippen LogP contribution in [0.2, 0.25) is 5.02 Å². The number of nitrogens with one attached hydrogen (secondary N) is 1. The van der Waals surface area contributed by atoms with Gasteiger partial charge in [0.1, 0.15) is 11.5 Å². The van der Waals surface area contributed by atoms with Gasteiger partial charge in [0.2, 0.25) is 0 Å². The van der Waals surface area contributed by atoms with Gasteiger partial charge in [0.25, 0.3) is 5.69 Å². The molecular formula is C13H9BrClFN2O2. The molecular weight excluding hydrogens is 351 g/mol. The summed E-state index contributed by atoms with van der Waals surface area (Å²) in [6.07, 6.45) is 0. The summed E-state index contributed by atoms with van der Waals surface area (Å²) < 4.78 is 13.8. The minimum Gasteiger partial charge on any atom is -0.375 e. The van der Waals surface area contributed by atoms with Crippen LogP contribution < -0.4 is 5.32 Å². The average Bonchev–Trinajstić information content (AvgIpc) is 2.38. The molecule has 2 rings (SSSR count). The van der Waals surface area contributed by atoms with Crippen LogP contribution in [0.25, 0.3) is 0 Å². The first-order chi connectivity index (χ1) is 9.47. The number of hydrogen-bond donors (Lipinski definition) is 1. The lowest BCUT2D eigenvalue weighted by atomic mass is 10.2. The third-order valence-electron chi connectivity index (χ3n) is 2.64. The normalized spacial score (nSPS) is 10.3. The summed E-state index contributed by atoms with van der Waals surface area (Å²) in [6, 6.07) is 8.66. The van der Waals surface area contributed by atoms with E-state index in [2.05, 4.69) is 21.2 Å². The van der Waals surface area contributed by atoms with Crippen LogP contribution in [0.5, 0.6) is 0 Å². The van der Waals surface area contributed by atoms with Gasteiger partial charge in [0.15, 0.2) is 0 Å². The van der Waals surface area contributed by atoms with Gasteiger partial charge in [-0.3, -0.25) is 10.1 Å². The van der Waals surface area contributed by atoms with Crippen LogP contribution in [0, 0.1) is 15.9 Å². The third-order valence-corrected chi connectivity index (χ3v) is 3.61. The molecule has 0 saturated heterocycles. The minimum absolute atomic E-state index is 0.262. The number of benzene rings is 2. The van der Waals surface area contributed by atoms with Crippen LogP contribution in [-0.4, -0.2) is 4.92 Å². The second-order valence-electron chi connectivity index (χ2n) is 4.01. The van der Waals surface area contributed by atoms with Gasteiger partial charge in [0, 0.05) is 16.0 Å². The highest BCUT2D eigenvalue weighted by Gasteiger charge is 2.14. The van der Waals surface area contributed by atoms with Crippen molar-refractivity contribution >= 4 is 38.9 Å². The Hall–Kier alpha value is -1.66. The average molecular weight is 360 g/mol. The number of nitro groups is 1. The van der Waals surface area contributed by atoms with Gasteiger partial charge in [0.05, 0.1) is 11.0 Å². The molecule has 20 heavy (non-hydrogen) atoms. The fourth-order valence-corrected chi connectivity index (χ4v) is 2.48. The van der Waals surface area contributed by atoms with Crippen LogP contribution in [0.1, 0.15) is 5.56 Å². The molecule has 0 radical (unpaired) electrons. The van der Waals surface area contributed by atoms with Crippen molar-refractivity contribution in [3.63, 3.8) is 0 Å². The molecule has 0 heterocycles. The lowest BCUT2D eigenvalue weighted by Gasteiger charge is -2.09. The van der Waals surface area contributed by atoms with Crippen molar-refractivity contribution in [2.45, 2.75) is 6.54 Å². The maximum Gasteiger partial charge on any atom is 0.295 e. The Bertz CT molecular complexity index is 667. The summed E-state index contributed by atoms with van der Waals surface area (Å²) in [5, 5.41) is 14.4. The van der Waals surface area contributed by atoms with E-state index in [0.717, 1.165) is 16.1 Å². The molecule has 0 aliphatic heterocycles. The molecule has 4 nitrogen and oxygen atoms in total. The second kappa shape index (κ2) is 6.19. The number of hydrogen-bond acceptors (Lipinski definition) is 3. The number of anilines is 1. The zero-order chi connectivity index (χ0) is 14.7. The topological polar surface area (TPSA) is 55.2 Å². The van der Waals surface area contributed by atoms with Gasteiger partial charge < -0.3 is 5.32 Å². The lowest BCUT2D eigenvalue weighted by Crippen LogP contribution is -2.03. The molecule has 0 bridgehead atoms. The highest BCUT2D eigenvalue weighted by atomic mass is 79.9. The Kier molecular flexibility index (Phi) is 4.57. The van der Waals surface area contributed by atoms with E-state index in [1.54, 1.807) is 18.2 Å². The fraction of sp³-hybridized carbons (Fsp3) is 0.0769. The maximum atomic E-state index is 13.0. The molecule has 0 unspecified atom stereocenters. The molecule has 0 fully saturated rings. The zero-order valence-corrected chi connectivity index (χ0v) is 12.4. The van der Waals surface area contributed by atoms with E-state index in [1.807, 2.05) is 0 Å². The lowest BCUT2D eigenvalue weighted by molar-refractivity contribution is -0.384. The van der Waals surface area contributed by atoms with Gasteiger partial charge in [-0.1, -0.05) is 33.6 Å². The number of halogens is 3. The summed E-state index contributed by atoms with van der Waals surface area (Å²) in [7, 11) is 0. The van der Waals surface area contributed by atoms with Crippen LogP contribution in [-0.2, 0) is 6.54 Å². The molecule has 0 aliphatic rings. The molecule has 2 aromatic carbocycles. The monoisotopic (exact) mass is 358 g/mol. The van der Waals surface area contributed by atoms with Crippen molar-refractivity contribution in [3.05, 3.63) is 67.4 Å². The van der Waals surface area contributed by atoms with Crippen molar-refractivity contribution in [1.29, 1.82) is 0 Å². The molecule has 0 aromatic heterocycles. The smallest absolute Gasteiger partial charge is 0.295 e. The maximum absolute atomic E-state index is 13.0. The molecule has 0 saturated carbocycles. The Morgan fingerprint density at radius 1 is 1.30 bits per heavy atom. The third kappa shape index (κ3) is 3.46. The van der Waals surface area contributed by atoms with Crippen molar-refractivity contribution < 1.29 is 9.31 Å². The minimum atomic E-state index is -0.644. The van der Waals surface area contributed by atoms with Crippen LogP contribution in [0.15, 0.2) is 40.9 Å². The first kappa shape index (κ1) is 14.7. The van der Waals surface area contributed by atoms with Gasteiger partial charge >= 0.3 is 0 Å². The molecule has 104 valence electrons. The van der Waals surface area contributed by atoms with Crippen LogP contribution in [0.4, 0.5) is 15.8 Å². The Morgan fingerprint density at radius 2 is 2.05 bits per heavy atom. The fourth-order valence-electron chi connectivity index (χ4n) is 1.66. The highest BCUT2D eigenvalue weighted by molar-refractivity contribution is 9.10. The summed E-state index contributed by atoms with van der Waals surface area (Å²) in [4.78, 5) is 10.2. The number of nitro benzene ring substituents is 1. The standard InChI is InChI=1S/C13H9BrClFN2O2/c14-11-5-9(15)2-1-8(11)7-17-12-4-3-10(16)6-13(12)18(19)20/h1-6,17H,7H2. The Balaban J connectivity index is 2.20. The van der Waals surface area contributed by atoms with Crippen LogP contribution >= 0.6 is 27.5 Å². The second-order valence-corrected chi connectivity index (χ2v) is 5.30. The molecule has 0 amide bonds. The number of nitrogens with zero attached hydrogens (tertiary/aromatic N) is 1. The molecule has 0 atom stereocenters. The van der Waals surface area contributed by atoms with E-state index in [4.69, 9.17) is 11.6 Å². The van der Waals surface area contributed by atoms with E-state index in [0.29, 0.717) is 11.6 Å². The van der Waals surface area contributed by atoms with E-state index in [-0.39, 0.29) is 11.4 Å². The summed E-state index contributed by atoms with van der Waals surface area (Å²) in [5.41, 5.74) is 0.848. The van der Waals surface area contributed by atoms with Crippen LogP contribution in [0.3, 0.4) is 0 Å². The number of rotatable bonds is 4. The summed E-state index contributed by atoms with van der Waals surface area (Å²) >= 11 is 9.20. The van der Waals surface area contributed by atoms with E-state index in [1.165, 1.54) is 12.1 Å². The van der Waals surface area contributed by atoms with Crippen molar-refractivity contribution in [3.8, 4) is 0 Å². The highest BCUT2D eigenvalue weighted by Crippen LogP contribution is 2.27. The van der Waals surface area contributed by atoms with Gasteiger partial charge in [-0.2, -0.15) is 0 Å². The van der Waals surface area contributed by atoms with E-state index in [9.17, 15) is 14.5 Å². The molecule has 0 spiro atoms. The summed E-state index contributed by atoms with van der Waals surface area (Å²) in [6.45, 7) is 0.351. The van der Waals surface area contributed by atoms with Crippen molar-refractivity contribution in [2.75, 3.05) is 5.32 Å². The predicted molar refractivity (Wildman–Crippen MR) is 79.5 cm³/mol. The Morgan fingerprint density at radius 3 is 2.70 bits per heavy atom. The van der Waals surface area contributed by atoms with Gasteiger partial charge in [-0.15, -0.1) is 0 Å². The first-order valence-corrected chi connectivity index (χ1v) is 6.76. The van der Waals surface area contributed by atoms with E-state index < -0.39 is 10.7 Å². The zero-order valence-electron chi connectivity index (χ0n) is 10.1. The van der Waals surface area contributed by atoms with Crippen molar-refractivity contribution in [2.24, 2.45) is 0 Å².